The van der Waals surface area contributed by atoms with E-state index in [1.165, 1.54) is 5.56 Å². The minimum Gasteiger partial charge on any atom is -0.497 e. The maximum Gasteiger partial charge on any atom is 0.118 e. The third-order valence-electron chi connectivity index (χ3n) is 3.02. The van der Waals surface area contributed by atoms with E-state index in [0.717, 1.165) is 30.2 Å². The Morgan fingerprint density at radius 1 is 1.20 bits per heavy atom. The van der Waals surface area contributed by atoms with Crippen LogP contribution in [0.15, 0.2) is 30.5 Å². The number of ether oxygens (including phenoxy) is 1. The first-order chi connectivity index (χ1) is 9.46. The van der Waals surface area contributed by atoms with Gasteiger partial charge in [0.2, 0.25) is 0 Å². The number of methoxy groups -OCH3 is 1. The molecule has 0 spiro atoms. The summed E-state index contributed by atoms with van der Waals surface area (Å²) in [6, 6.07) is 8.07. The Labute approximate surface area is 120 Å². The quantitative estimate of drug-likeness (QED) is 0.880. The molecule has 0 aliphatic heterocycles. The van der Waals surface area contributed by atoms with E-state index in [2.05, 4.69) is 48.2 Å². The normalized spacial score (nSPS) is 11.6. The predicted molar refractivity (Wildman–Crippen MR) is 81.0 cm³/mol. The summed E-state index contributed by atoms with van der Waals surface area (Å²) in [4.78, 5) is 7.79. The zero-order valence-corrected chi connectivity index (χ0v) is 12.7. The molecular weight excluding hydrogens is 250 g/mol. The van der Waals surface area contributed by atoms with Gasteiger partial charge in [0, 0.05) is 30.4 Å². The molecule has 0 amide bonds. The van der Waals surface area contributed by atoms with Gasteiger partial charge in [-0.1, -0.05) is 12.1 Å². The van der Waals surface area contributed by atoms with Crippen molar-refractivity contribution in [2.24, 2.45) is 0 Å². The standard InChI is InChI=1S/C16H23N3O/c1-16(2,3)18-11-13-10-17-15(19-13)9-12-5-7-14(20-4)8-6-12/h5-8,10,18H,9,11H2,1-4H3,(H,17,19). The molecule has 0 atom stereocenters. The lowest BCUT2D eigenvalue weighted by molar-refractivity contribution is 0.414. The first-order valence-corrected chi connectivity index (χ1v) is 6.87. The van der Waals surface area contributed by atoms with E-state index in [-0.39, 0.29) is 5.54 Å². The van der Waals surface area contributed by atoms with Crippen LogP contribution < -0.4 is 10.1 Å². The van der Waals surface area contributed by atoms with Gasteiger partial charge in [0.15, 0.2) is 0 Å². The maximum absolute atomic E-state index is 5.16. The molecule has 0 saturated heterocycles. The Morgan fingerprint density at radius 2 is 1.90 bits per heavy atom. The van der Waals surface area contributed by atoms with Crippen molar-refractivity contribution in [3.05, 3.63) is 47.5 Å². The smallest absolute Gasteiger partial charge is 0.118 e. The van der Waals surface area contributed by atoms with Crippen molar-refractivity contribution in [2.45, 2.75) is 39.3 Å². The second kappa shape index (κ2) is 6.09. The second-order valence-corrected chi connectivity index (χ2v) is 5.98. The van der Waals surface area contributed by atoms with Crippen LogP contribution in [0.5, 0.6) is 5.75 Å². The lowest BCUT2D eigenvalue weighted by Crippen LogP contribution is -2.35. The minimum atomic E-state index is 0.112. The molecule has 0 bridgehead atoms. The molecule has 4 nitrogen and oxygen atoms in total. The third-order valence-corrected chi connectivity index (χ3v) is 3.02. The van der Waals surface area contributed by atoms with Crippen LogP contribution in [-0.2, 0) is 13.0 Å². The number of hydrogen-bond donors (Lipinski definition) is 2. The van der Waals surface area contributed by atoms with E-state index in [1.54, 1.807) is 7.11 Å². The van der Waals surface area contributed by atoms with Crippen LogP contribution >= 0.6 is 0 Å². The fourth-order valence-corrected chi connectivity index (χ4v) is 1.88. The molecule has 0 fully saturated rings. The molecule has 1 aromatic carbocycles. The van der Waals surface area contributed by atoms with Crippen LogP contribution in [0.2, 0.25) is 0 Å². The number of nitrogens with one attached hydrogen (secondary N) is 2. The topological polar surface area (TPSA) is 49.9 Å². The van der Waals surface area contributed by atoms with Gasteiger partial charge in [-0.15, -0.1) is 0 Å². The van der Waals surface area contributed by atoms with Gasteiger partial charge in [-0.2, -0.15) is 0 Å². The van der Waals surface area contributed by atoms with Crippen molar-refractivity contribution in [1.82, 2.24) is 15.3 Å². The predicted octanol–water partition coefficient (Wildman–Crippen LogP) is 2.90. The molecule has 2 rings (SSSR count). The summed E-state index contributed by atoms with van der Waals surface area (Å²) in [5, 5.41) is 3.44. The Balaban J connectivity index is 1.94. The van der Waals surface area contributed by atoms with Crippen molar-refractivity contribution in [1.29, 1.82) is 0 Å². The molecule has 0 saturated carbocycles. The van der Waals surface area contributed by atoms with Gasteiger partial charge in [-0.05, 0) is 38.5 Å². The van der Waals surface area contributed by atoms with Crippen LogP contribution in [-0.4, -0.2) is 22.6 Å². The molecule has 108 valence electrons. The molecule has 0 unspecified atom stereocenters. The van der Waals surface area contributed by atoms with Gasteiger partial charge < -0.3 is 15.0 Å². The number of benzene rings is 1. The number of hydrogen-bond acceptors (Lipinski definition) is 3. The van der Waals surface area contributed by atoms with Gasteiger partial charge in [0.25, 0.3) is 0 Å². The average molecular weight is 273 g/mol. The molecule has 2 aromatic rings. The van der Waals surface area contributed by atoms with Gasteiger partial charge in [0.05, 0.1) is 7.11 Å². The molecule has 0 aliphatic rings. The lowest BCUT2D eigenvalue weighted by Gasteiger charge is -2.19. The molecule has 0 aliphatic carbocycles. The van der Waals surface area contributed by atoms with Crippen LogP contribution in [0.1, 0.15) is 37.9 Å². The summed E-state index contributed by atoms with van der Waals surface area (Å²) < 4.78 is 5.16. The van der Waals surface area contributed by atoms with E-state index < -0.39 is 0 Å². The van der Waals surface area contributed by atoms with Crippen molar-refractivity contribution >= 4 is 0 Å². The Morgan fingerprint density at radius 3 is 2.50 bits per heavy atom. The highest BCUT2D eigenvalue weighted by atomic mass is 16.5. The SMILES string of the molecule is COc1ccc(Cc2ncc(CNC(C)(C)C)[nH]2)cc1. The minimum absolute atomic E-state index is 0.112. The van der Waals surface area contributed by atoms with E-state index >= 15 is 0 Å². The summed E-state index contributed by atoms with van der Waals surface area (Å²) in [5.74, 6) is 1.86. The fraction of sp³-hybridized carbons (Fsp3) is 0.438. The molecule has 1 aromatic heterocycles. The first kappa shape index (κ1) is 14.6. The number of aromatic amines is 1. The molecule has 2 N–H and O–H groups in total. The van der Waals surface area contributed by atoms with Gasteiger partial charge in [-0.25, -0.2) is 4.98 Å². The van der Waals surface area contributed by atoms with Crippen molar-refractivity contribution in [3.8, 4) is 5.75 Å². The van der Waals surface area contributed by atoms with Crippen molar-refractivity contribution in [3.63, 3.8) is 0 Å². The zero-order valence-electron chi connectivity index (χ0n) is 12.7. The second-order valence-electron chi connectivity index (χ2n) is 5.98. The van der Waals surface area contributed by atoms with E-state index in [4.69, 9.17) is 4.74 Å². The van der Waals surface area contributed by atoms with Crippen molar-refractivity contribution in [2.75, 3.05) is 7.11 Å². The van der Waals surface area contributed by atoms with Crippen LogP contribution in [0.25, 0.3) is 0 Å². The monoisotopic (exact) mass is 273 g/mol. The Hall–Kier alpha value is -1.81. The maximum atomic E-state index is 5.16. The average Bonchev–Trinajstić information content (AvgIpc) is 2.84. The van der Waals surface area contributed by atoms with Gasteiger partial charge in [0.1, 0.15) is 11.6 Å². The number of H-pyrrole nitrogens is 1. The summed E-state index contributed by atoms with van der Waals surface area (Å²) in [6.45, 7) is 7.27. The van der Waals surface area contributed by atoms with Crippen LogP contribution in [0, 0.1) is 0 Å². The molecular formula is C16H23N3O. The Bertz CT molecular complexity index is 538. The number of aromatic nitrogens is 2. The highest BCUT2D eigenvalue weighted by molar-refractivity contribution is 5.29. The van der Waals surface area contributed by atoms with Gasteiger partial charge >= 0.3 is 0 Å². The fourth-order valence-electron chi connectivity index (χ4n) is 1.88. The molecule has 20 heavy (non-hydrogen) atoms. The van der Waals surface area contributed by atoms with E-state index in [0.29, 0.717) is 0 Å². The van der Waals surface area contributed by atoms with Gasteiger partial charge in [-0.3, -0.25) is 0 Å². The highest BCUT2D eigenvalue weighted by Gasteiger charge is 2.09. The Kier molecular flexibility index (Phi) is 4.45. The zero-order chi connectivity index (χ0) is 14.6. The first-order valence-electron chi connectivity index (χ1n) is 6.87. The lowest BCUT2D eigenvalue weighted by atomic mass is 10.1. The number of rotatable bonds is 5. The molecule has 1 heterocycles. The van der Waals surface area contributed by atoms with Crippen molar-refractivity contribution < 1.29 is 4.74 Å². The van der Waals surface area contributed by atoms with Crippen LogP contribution in [0.3, 0.4) is 0 Å². The summed E-state index contributed by atoms with van der Waals surface area (Å²) >= 11 is 0. The largest absolute Gasteiger partial charge is 0.497 e. The number of nitrogens with zero attached hydrogens (tertiary/aromatic N) is 1. The highest BCUT2D eigenvalue weighted by Crippen LogP contribution is 2.13. The van der Waals surface area contributed by atoms with E-state index in [1.807, 2.05) is 18.3 Å². The number of imidazole rings is 1. The molecule has 4 heteroatoms. The van der Waals surface area contributed by atoms with E-state index in [9.17, 15) is 0 Å². The summed E-state index contributed by atoms with van der Waals surface area (Å²) in [6.07, 6.45) is 2.71. The third kappa shape index (κ3) is 4.38. The molecule has 0 radical (unpaired) electrons. The summed E-state index contributed by atoms with van der Waals surface area (Å²) in [5.41, 5.74) is 2.44. The van der Waals surface area contributed by atoms with Crippen LogP contribution in [0.4, 0.5) is 0 Å². The summed E-state index contributed by atoms with van der Waals surface area (Å²) in [7, 11) is 1.68.